The van der Waals surface area contributed by atoms with Crippen molar-refractivity contribution in [3.63, 3.8) is 0 Å². The summed E-state index contributed by atoms with van der Waals surface area (Å²) in [5.41, 5.74) is 11.2. The number of carbonyl (C=O) groups is 1. The standard InChI is InChI=1S/C23H24N2O3/c1-3-19-20(24)21(28-25-19)17-7-5-15(6-8-17)16-9-11-18(12-10-16)23(13-14-23)22(26)27-4-2/h5-12H,3-4,13-14,24H2,1-2H3. The number of carbonyl (C=O) groups excluding carboxylic acids is 1. The van der Waals surface area contributed by atoms with Gasteiger partial charge >= 0.3 is 5.97 Å². The summed E-state index contributed by atoms with van der Waals surface area (Å²) in [5.74, 6) is 0.507. The number of nitrogens with two attached hydrogens (primary N) is 1. The number of hydrogen-bond acceptors (Lipinski definition) is 5. The molecule has 2 aromatic carbocycles. The number of benzene rings is 2. The minimum absolute atomic E-state index is 0.108. The van der Waals surface area contributed by atoms with Crippen LogP contribution in [0.4, 0.5) is 5.69 Å². The maximum absolute atomic E-state index is 12.3. The molecular weight excluding hydrogens is 352 g/mol. The zero-order valence-electron chi connectivity index (χ0n) is 16.2. The van der Waals surface area contributed by atoms with Crippen LogP contribution in [0.2, 0.25) is 0 Å². The van der Waals surface area contributed by atoms with Crippen molar-refractivity contribution in [1.29, 1.82) is 0 Å². The fourth-order valence-corrected chi connectivity index (χ4v) is 3.59. The van der Waals surface area contributed by atoms with E-state index in [1.54, 1.807) is 0 Å². The maximum Gasteiger partial charge on any atom is 0.316 e. The van der Waals surface area contributed by atoms with E-state index in [0.717, 1.165) is 47.2 Å². The first-order valence-electron chi connectivity index (χ1n) is 9.71. The van der Waals surface area contributed by atoms with Gasteiger partial charge in [-0.3, -0.25) is 4.79 Å². The van der Waals surface area contributed by atoms with E-state index < -0.39 is 5.41 Å². The molecule has 0 radical (unpaired) electrons. The van der Waals surface area contributed by atoms with Crippen molar-refractivity contribution in [2.45, 2.75) is 38.5 Å². The van der Waals surface area contributed by atoms with Gasteiger partial charge in [0.2, 0.25) is 0 Å². The summed E-state index contributed by atoms with van der Waals surface area (Å²) in [6.45, 7) is 4.26. The molecule has 1 saturated carbocycles. The number of aromatic nitrogens is 1. The predicted octanol–water partition coefficient (Wildman–Crippen LogP) is 4.75. The molecule has 144 valence electrons. The summed E-state index contributed by atoms with van der Waals surface area (Å²) < 4.78 is 10.7. The molecule has 0 aliphatic heterocycles. The molecule has 3 aromatic rings. The highest BCUT2D eigenvalue weighted by Gasteiger charge is 2.52. The van der Waals surface area contributed by atoms with Gasteiger partial charge in [0, 0.05) is 5.56 Å². The molecule has 0 amide bonds. The number of nitrogen functional groups attached to an aromatic ring is 1. The number of aryl methyl sites for hydroxylation is 1. The Kier molecular flexibility index (Phi) is 4.67. The van der Waals surface area contributed by atoms with Gasteiger partial charge in [-0.1, -0.05) is 60.6 Å². The zero-order chi connectivity index (χ0) is 19.7. The SMILES string of the molecule is CCOC(=O)C1(c2ccc(-c3ccc(-c4onc(CC)c4N)cc3)cc2)CC1. The van der Waals surface area contributed by atoms with Crippen LogP contribution in [-0.2, 0) is 21.4 Å². The van der Waals surface area contributed by atoms with Gasteiger partial charge in [-0.2, -0.15) is 0 Å². The molecule has 4 rings (SSSR count). The van der Waals surface area contributed by atoms with Crippen molar-refractivity contribution in [1.82, 2.24) is 5.16 Å². The van der Waals surface area contributed by atoms with E-state index in [4.69, 9.17) is 15.0 Å². The minimum atomic E-state index is -0.431. The summed E-state index contributed by atoms with van der Waals surface area (Å²) in [5, 5.41) is 4.02. The first-order chi connectivity index (χ1) is 13.6. The third kappa shape index (κ3) is 3.07. The summed E-state index contributed by atoms with van der Waals surface area (Å²) in [7, 11) is 0. The fourth-order valence-electron chi connectivity index (χ4n) is 3.59. The molecule has 1 heterocycles. The molecule has 0 spiro atoms. The number of anilines is 1. The van der Waals surface area contributed by atoms with Crippen LogP contribution in [0.3, 0.4) is 0 Å². The van der Waals surface area contributed by atoms with E-state index in [0.29, 0.717) is 18.1 Å². The molecule has 5 nitrogen and oxygen atoms in total. The summed E-state index contributed by atoms with van der Waals surface area (Å²) in [6, 6.07) is 16.2. The van der Waals surface area contributed by atoms with Crippen LogP contribution in [0.25, 0.3) is 22.5 Å². The van der Waals surface area contributed by atoms with Crippen LogP contribution in [0.1, 0.15) is 37.9 Å². The Morgan fingerprint density at radius 1 is 1.04 bits per heavy atom. The summed E-state index contributed by atoms with van der Waals surface area (Å²) in [6.07, 6.45) is 2.46. The first kappa shape index (κ1) is 18.3. The second-order valence-electron chi connectivity index (χ2n) is 7.18. The monoisotopic (exact) mass is 376 g/mol. The Morgan fingerprint density at radius 3 is 2.11 bits per heavy atom. The van der Waals surface area contributed by atoms with Crippen molar-refractivity contribution in [2.24, 2.45) is 0 Å². The average molecular weight is 376 g/mol. The number of nitrogens with zero attached hydrogens (tertiary/aromatic N) is 1. The molecule has 0 unspecified atom stereocenters. The lowest BCUT2D eigenvalue weighted by atomic mass is 9.93. The highest BCUT2D eigenvalue weighted by atomic mass is 16.5. The van der Waals surface area contributed by atoms with Gasteiger partial charge in [0.15, 0.2) is 5.76 Å². The van der Waals surface area contributed by atoms with E-state index in [1.165, 1.54) is 0 Å². The smallest absolute Gasteiger partial charge is 0.316 e. The Morgan fingerprint density at radius 2 is 1.61 bits per heavy atom. The van der Waals surface area contributed by atoms with Gasteiger partial charge in [-0.05, 0) is 42.9 Å². The third-order valence-electron chi connectivity index (χ3n) is 5.47. The third-order valence-corrected chi connectivity index (χ3v) is 5.47. The molecule has 1 aliphatic rings. The Labute approximate surface area is 164 Å². The average Bonchev–Trinajstić information content (AvgIpc) is 3.46. The molecule has 1 fully saturated rings. The number of esters is 1. The number of hydrogen-bond donors (Lipinski definition) is 1. The number of ether oxygens (including phenoxy) is 1. The molecule has 5 heteroatoms. The van der Waals surface area contributed by atoms with E-state index in [2.05, 4.69) is 17.3 Å². The molecule has 2 N–H and O–H groups in total. The van der Waals surface area contributed by atoms with Gasteiger partial charge in [-0.15, -0.1) is 0 Å². The van der Waals surface area contributed by atoms with Gasteiger partial charge in [0.25, 0.3) is 0 Å². The number of rotatable bonds is 6. The normalized spacial score (nSPS) is 14.6. The summed E-state index contributed by atoms with van der Waals surface area (Å²) >= 11 is 0. The molecule has 28 heavy (non-hydrogen) atoms. The van der Waals surface area contributed by atoms with Crippen LogP contribution in [-0.4, -0.2) is 17.7 Å². The molecule has 0 atom stereocenters. The second-order valence-corrected chi connectivity index (χ2v) is 7.18. The quantitative estimate of drug-likeness (QED) is 0.628. The van der Waals surface area contributed by atoms with Crippen LogP contribution in [0.5, 0.6) is 0 Å². The van der Waals surface area contributed by atoms with Crippen molar-refractivity contribution >= 4 is 11.7 Å². The second kappa shape index (κ2) is 7.15. The minimum Gasteiger partial charge on any atom is -0.465 e. The van der Waals surface area contributed by atoms with E-state index in [-0.39, 0.29) is 5.97 Å². The fraction of sp³-hybridized carbons (Fsp3) is 0.304. The largest absolute Gasteiger partial charge is 0.465 e. The first-order valence-corrected chi connectivity index (χ1v) is 9.71. The lowest BCUT2D eigenvalue weighted by Crippen LogP contribution is -2.23. The topological polar surface area (TPSA) is 78.3 Å². The zero-order valence-corrected chi connectivity index (χ0v) is 16.2. The van der Waals surface area contributed by atoms with E-state index >= 15 is 0 Å². The van der Waals surface area contributed by atoms with Crippen LogP contribution >= 0.6 is 0 Å². The van der Waals surface area contributed by atoms with Gasteiger partial charge in [0.1, 0.15) is 11.4 Å². The van der Waals surface area contributed by atoms with Crippen molar-refractivity contribution in [3.05, 3.63) is 59.8 Å². The van der Waals surface area contributed by atoms with Gasteiger partial charge in [-0.25, -0.2) is 0 Å². The van der Waals surface area contributed by atoms with Crippen molar-refractivity contribution < 1.29 is 14.1 Å². The van der Waals surface area contributed by atoms with Gasteiger partial charge in [0.05, 0.1) is 12.0 Å². The highest BCUT2D eigenvalue weighted by molar-refractivity contribution is 5.87. The molecule has 0 saturated heterocycles. The Balaban J connectivity index is 1.55. The Hall–Kier alpha value is -3.08. The summed E-state index contributed by atoms with van der Waals surface area (Å²) in [4.78, 5) is 12.3. The van der Waals surface area contributed by atoms with Crippen LogP contribution in [0, 0.1) is 0 Å². The molecular formula is C23H24N2O3. The predicted molar refractivity (Wildman–Crippen MR) is 109 cm³/mol. The van der Waals surface area contributed by atoms with Crippen molar-refractivity contribution in [3.8, 4) is 22.5 Å². The van der Waals surface area contributed by atoms with Crippen molar-refractivity contribution in [2.75, 3.05) is 12.3 Å². The lowest BCUT2D eigenvalue weighted by Gasteiger charge is -2.14. The molecule has 0 bridgehead atoms. The molecule has 1 aromatic heterocycles. The molecule has 1 aliphatic carbocycles. The van der Waals surface area contributed by atoms with E-state index in [9.17, 15) is 4.79 Å². The Bertz CT molecular complexity index is 984. The maximum atomic E-state index is 12.3. The van der Waals surface area contributed by atoms with Crippen LogP contribution < -0.4 is 5.73 Å². The van der Waals surface area contributed by atoms with E-state index in [1.807, 2.05) is 50.2 Å². The lowest BCUT2D eigenvalue weighted by molar-refractivity contribution is -0.146. The van der Waals surface area contributed by atoms with Gasteiger partial charge < -0.3 is 15.0 Å². The highest BCUT2D eigenvalue weighted by Crippen LogP contribution is 2.49. The van der Waals surface area contributed by atoms with Crippen LogP contribution in [0.15, 0.2) is 53.1 Å².